The first kappa shape index (κ1) is 27.9. The predicted octanol–water partition coefficient (Wildman–Crippen LogP) is 6.93. The molecule has 2 aliphatic heterocycles. The van der Waals surface area contributed by atoms with E-state index in [4.69, 9.17) is 31.2 Å². The summed E-state index contributed by atoms with van der Waals surface area (Å²) in [6.07, 6.45) is 1.59. The molecule has 11 heteroatoms. The Morgan fingerprint density at radius 1 is 1.07 bits per heavy atom. The van der Waals surface area contributed by atoms with Gasteiger partial charge in [0.05, 0.1) is 21.7 Å². The zero-order valence-electron chi connectivity index (χ0n) is 21.6. The maximum absolute atomic E-state index is 12.9. The minimum Gasteiger partial charge on any atom is -0.490 e. The monoisotopic (exact) mass is 638 g/mol. The molecule has 0 radical (unpaired) electrons. The summed E-state index contributed by atoms with van der Waals surface area (Å²) in [4.78, 5) is 17.1. The number of hydrogen-bond acceptors (Lipinski definition) is 7. The van der Waals surface area contributed by atoms with Crippen molar-refractivity contribution in [1.82, 2.24) is 5.01 Å². The lowest BCUT2D eigenvalue weighted by Gasteiger charge is -2.20. The molecule has 0 aliphatic carbocycles. The van der Waals surface area contributed by atoms with Gasteiger partial charge in [-0.15, -0.1) is 0 Å². The fraction of sp³-hybridized carbons (Fsp3) is 0.172. The maximum Gasteiger partial charge on any atom is 0.283 e. The van der Waals surface area contributed by atoms with Crippen LogP contribution in [-0.2, 0) is 4.79 Å². The van der Waals surface area contributed by atoms with Gasteiger partial charge in [0, 0.05) is 5.56 Å². The van der Waals surface area contributed by atoms with Crippen LogP contribution in [0.5, 0.6) is 17.2 Å². The van der Waals surface area contributed by atoms with Gasteiger partial charge in [0.2, 0.25) is 5.17 Å². The number of halogens is 2. The van der Waals surface area contributed by atoms with Crippen molar-refractivity contribution >= 4 is 67.3 Å². The number of nitrogens with one attached hydrogen (secondary N) is 1. The molecule has 3 aromatic rings. The van der Waals surface area contributed by atoms with E-state index in [-0.39, 0.29) is 11.4 Å². The molecule has 2 heterocycles. The summed E-state index contributed by atoms with van der Waals surface area (Å²) in [5, 5.41) is 16.0. The van der Waals surface area contributed by atoms with Gasteiger partial charge in [-0.2, -0.15) is 15.1 Å². The van der Waals surface area contributed by atoms with Crippen molar-refractivity contribution in [2.45, 2.75) is 13.8 Å². The van der Waals surface area contributed by atoms with Crippen LogP contribution >= 0.6 is 39.3 Å². The number of thioether (sulfide) groups is 1. The average Bonchev–Trinajstić information content (AvgIpc) is 3.34. The number of fused-ring (bicyclic) bond motifs is 1. The minimum absolute atomic E-state index is 0.0766. The quantitative estimate of drug-likeness (QED) is 0.201. The van der Waals surface area contributed by atoms with E-state index < -0.39 is 5.91 Å². The van der Waals surface area contributed by atoms with Gasteiger partial charge in [0.1, 0.15) is 24.0 Å². The Morgan fingerprint density at radius 2 is 1.88 bits per heavy atom. The molecule has 204 valence electrons. The third kappa shape index (κ3) is 6.09. The molecule has 5 rings (SSSR count). The van der Waals surface area contributed by atoms with Crippen LogP contribution in [0.15, 0.2) is 80.8 Å². The van der Waals surface area contributed by atoms with Gasteiger partial charge in [-0.25, -0.2) is 0 Å². The van der Waals surface area contributed by atoms with Gasteiger partial charge < -0.3 is 14.2 Å². The molecule has 0 spiro atoms. The van der Waals surface area contributed by atoms with Crippen LogP contribution < -0.4 is 14.2 Å². The van der Waals surface area contributed by atoms with Gasteiger partial charge in [-0.05, 0) is 89.1 Å². The number of amidine groups is 2. The number of carbonyl (C=O) groups excluding carboxylic acids is 1. The Kier molecular flexibility index (Phi) is 8.58. The number of benzene rings is 3. The normalized spacial score (nSPS) is 15.6. The van der Waals surface area contributed by atoms with E-state index in [1.54, 1.807) is 24.3 Å². The van der Waals surface area contributed by atoms with Gasteiger partial charge in [-0.1, -0.05) is 41.9 Å². The van der Waals surface area contributed by atoms with Gasteiger partial charge >= 0.3 is 0 Å². The zero-order chi connectivity index (χ0) is 28.2. The average molecular weight is 640 g/mol. The van der Waals surface area contributed by atoms with Crippen LogP contribution in [-0.4, -0.2) is 46.8 Å². The zero-order valence-corrected chi connectivity index (χ0v) is 24.8. The van der Waals surface area contributed by atoms with Crippen LogP contribution in [0.3, 0.4) is 0 Å². The molecule has 0 unspecified atom stereocenters. The Labute approximate surface area is 249 Å². The molecule has 40 heavy (non-hydrogen) atoms. The number of hydrazone groups is 1. The molecule has 0 bridgehead atoms. The fourth-order valence-corrected chi connectivity index (χ4v) is 5.77. The van der Waals surface area contributed by atoms with Gasteiger partial charge in [0.15, 0.2) is 17.3 Å². The molecule has 0 atom stereocenters. The molecule has 3 aromatic carbocycles. The van der Waals surface area contributed by atoms with E-state index in [2.05, 4.69) is 26.0 Å². The highest BCUT2D eigenvalue weighted by molar-refractivity contribution is 9.10. The van der Waals surface area contributed by atoms with E-state index in [1.165, 1.54) is 16.8 Å². The summed E-state index contributed by atoms with van der Waals surface area (Å²) < 4.78 is 18.2. The van der Waals surface area contributed by atoms with Crippen molar-refractivity contribution in [2.24, 2.45) is 10.1 Å². The Bertz CT molecular complexity index is 1590. The second kappa shape index (κ2) is 12.3. The highest BCUT2D eigenvalue weighted by Crippen LogP contribution is 2.38. The molecular formula is C29H24BrClN4O4S. The first-order valence-electron chi connectivity index (χ1n) is 12.4. The van der Waals surface area contributed by atoms with Crippen LogP contribution in [0.1, 0.15) is 23.6 Å². The Hall–Kier alpha value is -3.60. The van der Waals surface area contributed by atoms with E-state index in [0.717, 1.165) is 11.3 Å². The number of carbonyl (C=O) groups is 1. The van der Waals surface area contributed by atoms with Gasteiger partial charge in [-0.3, -0.25) is 10.2 Å². The molecule has 8 nitrogen and oxygen atoms in total. The van der Waals surface area contributed by atoms with Crippen LogP contribution in [0.2, 0.25) is 5.02 Å². The van der Waals surface area contributed by atoms with E-state index in [9.17, 15) is 4.79 Å². The fourth-order valence-electron chi connectivity index (χ4n) is 3.98. The van der Waals surface area contributed by atoms with E-state index in [1.807, 2.05) is 56.3 Å². The van der Waals surface area contributed by atoms with Crippen molar-refractivity contribution in [3.8, 4) is 17.2 Å². The van der Waals surface area contributed by atoms with Crippen LogP contribution in [0.4, 0.5) is 0 Å². The van der Waals surface area contributed by atoms with Crippen LogP contribution in [0, 0.1) is 12.3 Å². The van der Waals surface area contributed by atoms with E-state index >= 15 is 0 Å². The van der Waals surface area contributed by atoms with Crippen molar-refractivity contribution in [1.29, 1.82) is 5.41 Å². The summed E-state index contributed by atoms with van der Waals surface area (Å²) in [7, 11) is 0. The number of rotatable bonds is 9. The molecule has 1 N–H and O–H groups in total. The molecule has 0 fully saturated rings. The minimum atomic E-state index is -0.526. The third-order valence-corrected chi connectivity index (χ3v) is 7.65. The van der Waals surface area contributed by atoms with Crippen molar-refractivity contribution in [2.75, 3.05) is 19.8 Å². The largest absolute Gasteiger partial charge is 0.490 e. The second-order valence-corrected chi connectivity index (χ2v) is 10.9. The number of ether oxygens (including phenoxy) is 3. The standard InChI is InChI=1S/C29H24BrClN4O4S/c1-3-37-24-16-18(15-22(30)25(24)39-12-11-38-19-8-6-7-17(2)13-19)14-21-26(32)35-29(33-27(21)36)40-28(34-35)20-9-4-5-10-23(20)31/h4-10,13-16,32H,3,11-12H2,1-2H3/b21-14-,32-26?. The second-order valence-electron chi connectivity index (χ2n) is 8.68. The van der Waals surface area contributed by atoms with E-state index in [0.29, 0.717) is 62.2 Å². The first-order valence-corrected chi connectivity index (χ1v) is 14.4. The Balaban J connectivity index is 1.35. The number of aryl methyl sites for hydroxylation is 1. The molecule has 1 amide bonds. The summed E-state index contributed by atoms with van der Waals surface area (Å²) in [6, 6.07) is 18.6. The van der Waals surface area contributed by atoms with Crippen molar-refractivity contribution in [3.63, 3.8) is 0 Å². The summed E-state index contributed by atoms with van der Waals surface area (Å²) in [6.45, 7) is 4.94. The number of amides is 1. The molecular weight excluding hydrogens is 616 g/mol. The number of aliphatic imine (C=N–C) groups is 1. The third-order valence-electron chi connectivity index (χ3n) is 5.79. The molecule has 0 saturated carbocycles. The first-order chi connectivity index (χ1) is 19.3. The molecule has 2 aliphatic rings. The predicted molar refractivity (Wildman–Crippen MR) is 163 cm³/mol. The topological polar surface area (TPSA) is 96.6 Å². The maximum atomic E-state index is 12.9. The SMILES string of the molecule is CCOc1cc(/C=C2/C(=N)N3N=C(c4ccccc4Cl)SC3=NC2=O)cc(Br)c1OCCOc1cccc(C)c1. The van der Waals surface area contributed by atoms with Gasteiger partial charge in [0.25, 0.3) is 5.91 Å². The highest BCUT2D eigenvalue weighted by Gasteiger charge is 2.36. The number of hydrogen-bond donors (Lipinski definition) is 1. The number of nitrogens with zero attached hydrogens (tertiary/aromatic N) is 3. The highest BCUT2D eigenvalue weighted by atomic mass is 79.9. The lowest BCUT2D eigenvalue weighted by Crippen LogP contribution is -2.35. The lowest BCUT2D eigenvalue weighted by atomic mass is 10.1. The molecule has 0 aromatic heterocycles. The van der Waals surface area contributed by atoms with Crippen molar-refractivity contribution in [3.05, 3.63) is 92.4 Å². The smallest absolute Gasteiger partial charge is 0.283 e. The summed E-state index contributed by atoms with van der Waals surface area (Å²) in [5.41, 5.74) is 2.56. The molecule has 0 saturated heterocycles. The van der Waals surface area contributed by atoms with Crippen molar-refractivity contribution < 1.29 is 19.0 Å². The lowest BCUT2D eigenvalue weighted by molar-refractivity contribution is -0.114. The Morgan fingerprint density at radius 3 is 2.65 bits per heavy atom. The van der Waals surface area contributed by atoms with Crippen LogP contribution in [0.25, 0.3) is 6.08 Å². The summed E-state index contributed by atoms with van der Waals surface area (Å²) in [5.74, 6) is 1.19. The summed E-state index contributed by atoms with van der Waals surface area (Å²) >= 11 is 11.1.